The molecule has 0 aliphatic heterocycles. The Labute approximate surface area is 123 Å². The summed E-state index contributed by atoms with van der Waals surface area (Å²) in [6.45, 7) is 4.43. The first kappa shape index (κ1) is 16.3. The number of hydrogen-bond acceptors (Lipinski definition) is 3. The molecule has 3 N–H and O–H groups in total. The zero-order valence-corrected chi connectivity index (χ0v) is 12.3. The molecule has 0 aliphatic carbocycles. The first-order valence-corrected chi connectivity index (χ1v) is 6.94. The third kappa shape index (κ3) is 4.42. The van der Waals surface area contributed by atoms with E-state index < -0.39 is 17.9 Å². The van der Waals surface area contributed by atoms with Crippen molar-refractivity contribution in [2.75, 3.05) is 11.9 Å². The zero-order valence-electron chi connectivity index (χ0n) is 11.6. The Kier molecular flexibility index (Phi) is 6.31. The third-order valence-corrected chi connectivity index (χ3v) is 3.01. The summed E-state index contributed by atoms with van der Waals surface area (Å²) in [5.41, 5.74) is 0.983. The number of carboxylic acid groups (broad SMARTS) is 1. The van der Waals surface area contributed by atoms with E-state index in [1.807, 2.05) is 13.8 Å². The molecule has 0 saturated carbocycles. The van der Waals surface area contributed by atoms with Gasteiger partial charge in [-0.1, -0.05) is 24.9 Å². The fraction of sp³-hybridized carbons (Fsp3) is 0.429. The molecule has 1 rings (SSSR count). The maximum absolute atomic E-state index is 12.2. The van der Waals surface area contributed by atoms with Gasteiger partial charge in [0.25, 0.3) is 5.91 Å². The fourth-order valence-electron chi connectivity index (χ4n) is 1.83. The summed E-state index contributed by atoms with van der Waals surface area (Å²) in [6.07, 6.45) is 1.06. The first-order chi connectivity index (χ1) is 9.49. The maximum Gasteiger partial charge on any atom is 0.326 e. The quantitative estimate of drug-likeness (QED) is 0.723. The number of anilines is 1. The Balaban J connectivity index is 2.95. The lowest BCUT2D eigenvalue weighted by atomic mass is 10.1. The lowest BCUT2D eigenvalue weighted by Crippen LogP contribution is -2.40. The lowest BCUT2D eigenvalue weighted by Gasteiger charge is -2.16. The largest absolute Gasteiger partial charge is 0.480 e. The first-order valence-electron chi connectivity index (χ1n) is 6.56. The number of carbonyl (C=O) groups excluding carboxylic acids is 1. The van der Waals surface area contributed by atoms with E-state index in [1.54, 1.807) is 12.1 Å². The van der Waals surface area contributed by atoms with E-state index in [0.717, 1.165) is 0 Å². The van der Waals surface area contributed by atoms with E-state index in [-0.39, 0.29) is 0 Å². The van der Waals surface area contributed by atoms with Gasteiger partial charge in [-0.15, -0.1) is 0 Å². The molecule has 1 aromatic rings. The summed E-state index contributed by atoms with van der Waals surface area (Å²) < 4.78 is 0. The molecule has 1 atom stereocenters. The average molecular weight is 299 g/mol. The average Bonchev–Trinajstić information content (AvgIpc) is 2.40. The standard InChI is InChI=1S/C14H19ClN2O3/c1-3-5-12(14(19)20)17-13(18)10-8-9(15)6-7-11(10)16-4-2/h6-8,12,16H,3-5H2,1-2H3,(H,17,18)(H,19,20). The molecule has 0 saturated heterocycles. The summed E-state index contributed by atoms with van der Waals surface area (Å²) in [5, 5.41) is 15.1. The van der Waals surface area contributed by atoms with E-state index in [0.29, 0.717) is 35.7 Å². The van der Waals surface area contributed by atoms with E-state index >= 15 is 0 Å². The summed E-state index contributed by atoms with van der Waals surface area (Å²) in [5.74, 6) is -1.48. The topological polar surface area (TPSA) is 78.4 Å². The van der Waals surface area contributed by atoms with Gasteiger partial charge < -0.3 is 15.7 Å². The van der Waals surface area contributed by atoms with Gasteiger partial charge in [0.2, 0.25) is 0 Å². The highest BCUT2D eigenvalue weighted by atomic mass is 35.5. The summed E-state index contributed by atoms with van der Waals surface area (Å²) in [7, 11) is 0. The van der Waals surface area contributed by atoms with Gasteiger partial charge in [0.1, 0.15) is 6.04 Å². The fourth-order valence-corrected chi connectivity index (χ4v) is 2.00. The number of halogens is 1. The van der Waals surface area contributed by atoms with Gasteiger partial charge in [-0.3, -0.25) is 4.79 Å². The van der Waals surface area contributed by atoms with E-state index in [2.05, 4.69) is 10.6 Å². The minimum absolute atomic E-state index is 0.349. The monoisotopic (exact) mass is 298 g/mol. The second-order valence-corrected chi connectivity index (χ2v) is 4.81. The van der Waals surface area contributed by atoms with Crippen molar-refractivity contribution < 1.29 is 14.7 Å². The second-order valence-electron chi connectivity index (χ2n) is 4.37. The van der Waals surface area contributed by atoms with Crippen molar-refractivity contribution in [3.05, 3.63) is 28.8 Å². The number of rotatable bonds is 7. The van der Waals surface area contributed by atoms with Crippen LogP contribution in [0, 0.1) is 0 Å². The van der Waals surface area contributed by atoms with Crippen LogP contribution in [0.5, 0.6) is 0 Å². The highest BCUT2D eigenvalue weighted by Gasteiger charge is 2.21. The van der Waals surface area contributed by atoms with Crippen LogP contribution in [-0.2, 0) is 4.79 Å². The van der Waals surface area contributed by atoms with Crippen molar-refractivity contribution in [2.45, 2.75) is 32.7 Å². The van der Waals surface area contributed by atoms with Gasteiger partial charge in [-0.05, 0) is 31.5 Å². The van der Waals surface area contributed by atoms with Crippen molar-refractivity contribution in [3.8, 4) is 0 Å². The number of benzene rings is 1. The predicted octanol–water partition coefficient (Wildman–Crippen LogP) is 2.75. The van der Waals surface area contributed by atoms with E-state index in [1.165, 1.54) is 6.07 Å². The Morgan fingerprint density at radius 2 is 2.05 bits per heavy atom. The van der Waals surface area contributed by atoms with Crippen molar-refractivity contribution >= 4 is 29.2 Å². The third-order valence-electron chi connectivity index (χ3n) is 2.77. The number of aliphatic carboxylic acids is 1. The zero-order chi connectivity index (χ0) is 15.1. The number of amides is 1. The minimum atomic E-state index is -1.03. The van der Waals surface area contributed by atoms with E-state index in [4.69, 9.17) is 16.7 Å². The minimum Gasteiger partial charge on any atom is -0.480 e. The number of hydrogen-bond donors (Lipinski definition) is 3. The Bertz CT molecular complexity index is 491. The molecule has 0 aromatic heterocycles. The molecule has 0 aliphatic rings. The molecule has 1 aromatic carbocycles. The highest BCUT2D eigenvalue weighted by molar-refractivity contribution is 6.31. The molecular formula is C14H19ClN2O3. The normalized spacial score (nSPS) is 11.8. The Morgan fingerprint density at radius 3 is 2.60 bits per heavy atom. The summed E-state index contributed by atoms with van der Waals surface area (Å²) in [6, 6.07) is 4.02. The van der Waals surface area contributed by atoms with Gasteiger partial charge >= 0.3 is 5.97 Å². The van der Waals surface area contributed by atoms with Gasteiger partial charge in [-0.2, -0.15) is 0 Å². The highest BCUT2D eigenvalue weighted by Crippen LogP contribution is 2.21. The molecule has 1 amide bonds. The molecule has 20 heavy (non-hydrogen) atoms. The van der Waals surface area contributed by atoms with Crippen molar-refractivity contribution in [3.63, 3.8) is 0 Å². The molecule has 0 fully saturated rings. The predicted molar refractivity (Wildman–Crippen MR) is 79.4 cm³/mol. The van der Waals surface area contributed by atoms with Crippen LogP contribution < -0.4 is 10.6 Å². The van der Waals surface area contributed by atoms with Gasteiger partial charge in [0.05, 0.1) is 5.56 Å². The SMILES string of the molecule is CCCC(NC(=O)c1cc(Cl)ccc1NCC)C(=O)O. The van der Waals surface area contributed by atoms with Crippen LogP contribution in [0.15, 0.2) is 18.2 Å². The van der Waals surface area contributed by atoms with Crippen LogP contribution in [0.25, 0.3) is 0 Å². The van der Waals surface area contributed by atoms with Crippen LogP contribution in [0.4, 0.5) is 5.69 Å². The molecule has 0 spiro atoms. The van der Waals surface area contributed by atoms with E-state index in [9.17, 15) is 9.59 Å². The van der Waals surface area contributed by atoms with Crippen molar-refractivity contribution in [1.29, 1.82) is 0 Å². The maximum atomic E-state index is 12.2. The van der Waals surface area contributed by atoms with Gasteiger partial charge in [-0.25, -0.2) is 4.79 Å². The van der Waals surface area contributed by atoms with Crippen LogP contribution in [0.1, 0.15) is 37.0 Å². The smallest absolute Gasteiger partial charge is 0.326 e. The number of carbonyl (C=O) groups is 2. The van der Waals surface area contributed by atoms with Crippen LogP contribution in [0.2, 0.25) is 5.02 Å². The molecule has 1 unspecified atom stereocenters. The van der Waals surface area contributed by atoms with Crippen LogP contribution in [-0.4, -0.2) is 29.6 Å². The Hall–Kier alpha value is -1.75. The van der Waals surface area contributed by atoms with Gasteiger partial charge in [0.15, 0.2) is 0 Å². The second kappa shape index (κ2) is 7.75. The number of carboxylic acids is 1. The molecule has 6 heteroatoms. The molecule has 0 heterocycles. The van der Waals surface area contributed by atoms with Crippen LogP contribution >= 0.6 is 11.6 Å². The van der Waals surface area contributed by atoms with Gasteiger partial charge in [0, 0.05) is 17.3 Å². The molecular weight excluding hydrogens is 280 g/mol. The molecule has 0 radical (unpaired) electrons. The summed E-state index contributed by atoms with van der Waals surface area (Å²) >= 11 is 5.90. The molecule has 0 bridgehead atoms. The summed E-state index contributed by atoms with van der Waals surface area (Å²) in [4.78, 5) is 23.3. The van der Waals surface area contributed by atoms with Crippen molar-refractivity contribution in [1.82, 2.24) is 5.32 Å². The number of nitrogens with one attached hydrogen (secondary N) is 2. The van der Waals surface area contributed by atoms with Crippen LogP contribution in [0.3, 0.4) is 0 Å². The Morgan fingerprint density at radius 1 is 1.35 bits per heavy atom. The molecule has 5 nitrogen and oxygen atoms in total. The molecule has 110 valence electrons. The van der Waals surface area contributed by atoms with Crippen molar-refractivity contribution in [2.24, 2.45) is 0 Å². The lowest BCUT2D eigenvalue weighted by molar-refractivity contribution is -0.139.